The van der Waals surface area contributed by atoms with E-state index in [2.05, 4.69) is 68.9 Å². The van der Waals surface area contributed by atoms with E-state index in [-0.39, 0.29) is 11.3 Å². The number of nitrogens with one attached hydrogen (secondary N) is 4. The molecule has 4 fully saturated rings. The minimum absolute atomic E-state index is 0.184. The van der Waals surface area contributed by atoms with E-state index in [0.29, 0.717) is 29.8 Å². The number of hydrogen-bond donors (Lipinski definition) is 4. The van der Waals surface area contributed by atoms with Gasteiger partial charge in [0.25, 0.3) is 0 Å². The Bertz CT molecular complexity index is 1210. The van der Waals surface area contributed by atoms with Crippen LogP contribution in [-0.4, -0.2) is 51.3 Å². The normalized spacial score (nSPS) is 34.5. The first kappa shape index (κ1) is 23.3. The number of carbonyl (C=O) groups is 1. The van der Waals surface area contributed by atoms with Gasteiger partial charge in [0.15, 0.2) is 0 Å². The highest BCUT2D eigenvalue weighted by Gasteiger charge is 2.67. The molecule has 2 saturated carbocycles. The van der Waals surface area contributed by atoms with Crippen LogP contribution >= 0.6 is 0 Å². The zero-order valence-corrected chi connectivity index (χ0v) is 21.5. The Morgan fingerprint density at radius 3 is 2.70 bits per heavy atom. The lowest BCUT2D eigenvalue weighted by atomic mass is 9.73. The first-order chi connectivity index (χ1) is 18.2. The highest BCUT2D eigenvalue weighted by atomic mass is 16.5. The van der Waals surface area contributed by atoms with E-state index in [1.165, 1.54) is 24.1 Å². The zero-order valence-electron chi connectivity index (χ0n) is 21.5. The number of hydrazine groups is 1. The van der Waals surface area contributed by atoms with Gasteiger partial charge in [0.2, 0.25) is 5.91 Å². The largest absolute Gasteiger partial charge is 0.497 e. The Morgan fingerprint density at radius 2 is 1.89 bits per heavy atom. The number of fused-ring (bicyclic) bond motifs is 3. The van der Waals surface area contributed by atoms with Crippen LogP contribution in [0.1, 0.15) is 36.8 Å². The number of ether oxygens (including phenoxy) is 1. The Kier molecular flexibility index (Phi) is 5.75. The maximum Gasteiger partial charge on any atom is 0.235 e. The molecular weight excluding hydrogens is 462 g/mol. The second-order valence-corrected chi connectivity index (χ2v) is 11.5. The van der Waals surface area contributed by atoms with Crippen LogP contribution in [0.3, 0.4) is 0 Å². The number of carbonyl (C=O) groups excluding carboxylic acids is 1. The molecule has 4 unspecified atom stereocenters. The van der Waals surface area contributed by atoms with Gasteiger partial charge in [0.1, 0.15) is 5.75 Å². The summed E-state index contributed by atoms with van der Waals surface area (Å²) in [6.45, 7) is 4.26. The number of nitrogens with zero attached hydrogens (tertiary/aromatic N) is 1. The number of piperazine rings is 1. The molecule has 1 amide bonds. The number of methoxy groups -OCH3 is 1. The molecule has 4 N–H and O–H groups in total. The smallest absolute Gasteiger partial charge is 0.235 e. The summed E-state index contributed by atoms with van der Waals surface area (Å²) in [5.74, 6) is 2.60. The van der Waals surface area contributed by atoms with E-state index in [0.717, 1.165) is 56.0 Å². The summed E-state index contributed by atoms with van der Waals surface area (Å²) in [7, 11) is 1.69. The van der Waals surface area contributed by atoms with Crippen molar-refractivity contribution in [3.05, 3.63) is 59.7 Å². The molecule has 3 heterocycles. The molecule has 6 atom stereocenters. The fraction of sp³-hybridized carbons (Fsp3) is 0.500. The summed E-state index contributed by atoms with van der Waals surface area (Å²) in [6, 6.07) is 15.8. The lowest BCUT2D eigenvalue weighted by Gasteiger charge is -2.33. The van der Waals surface area contributed by atoms with Crippen LogP contribution in [0.4, 0.5) is 11.4 Å². The number of amides is 1. The second-order valence-electron chi connectivity index (χ2n) is 11.5. The molecule has 2 aromatic carbocycles. The maximum absolute atomic E-state index is 13.1. The van der Waals surface area contributed by atoms with Crippen molar-refractivity contribution in [3.63, 3.8) is 0 Å². The van der Waals surface area contributed by atoms with Crippen molar-refractivity contribution < 1.29 is 9.53 Å². The summed E-state index contributed by atoms with van der Waals surface area (Å²) >= 11 is 0. The average Bonchev–Trinajstić information content (AvgIpc) is 3.49. The Morgan fingerprint density at radius 1 is 1.05 bits per heavy atom. The molecular formula is C30H37N5O2. The molecule has 2 saturated heterocycles. The number of hydrogen-bond acceptors (Lipinski definition) is 6. The summed E-state index contributed by atoms with van der Waals surface area (Å²) in [5.41, 5.74) is 11.5. The SMILES string of the molecule is COc1ccc2c(c1)[C@]1(C[C@H]1C1CCC3C(/C=C/c4ccc(N5CCNCC5)cc4)NNC3C1)C(=O)N2. The van der Waals surface area contributed by atoms with E-state index in [1.54, 1.807) is 7.11 Å². The van der Waals surface area contributed by atoms with Crippen LogP contribution in [-0.2, 0) is 10.2 Å². The number of anilines is 2. The molecule has 3 aliphatic heterocycles. The highest BCUT2D eigenvalue weighted by molar-refractivity contribution is 6.09. The van der Waals surface area contributed by atoms with Gasteiger partial charge >= 0.3 is 0 Å². The van der Waals surface area contributed by atoms with E-state index in [4.69, 9.17) is 4.74 Å². The molecule has 37 heavy (non-hydrogen) atoms. The van der Waals surface area contributed by atoms with Gasteiger partial charge in [0.05, 0.1) is 12.5 Å². The van der Waals surface area contributed by atoms with Gasteiger partial charge in [-0.05, 0) is 84.9 Å². The van der Waals surface area contributed by atoms with Gasteiger partial charge < -0.3 is 20.3 Å². The molecule has 0 radical (unpaired) electrons. The lowest BCUT2D eigenvalue weighted by molar-refractivity contribution is -0.118. The third kappa shape index (κ3) is 3.95. The molecule has 0 aromatic heterocycles. The van der Waals surface area contributed by atoms with Gasteiger partial charge in [-0.1, -0.05) is 24.3 Å². The van der Waals surface area contributed by atoms with E-state index in [9.17, 15) is 4.79 Å². The van der Waals surface area contributed by atoms with Crippen LogP contribution in [0.25, 0.3) is 6.08 Å². The molecule has 5 aliphatic rings. The van der Waals surface area contributed by atoms with E-state index < -0.39 is 0 Å². The lowest BCUT2D eigenvalue weighted by Crippen LogP contribution is -2.43. The molecule has 7 nitrogen and oxygen atoms in total. The van der Waals surface area contributed by atoms with Gasteiger partial charge in [-0.25, -0.2) is 0 Å². The standard InChI is InChI=1S/C30H37N5O2/c1-37-22-8-11-27-24(17-22)30(29(36)32-27)18-25(30)20-5-9-23-26(33-34-28(23)16-20)10-4-19-2-6-21(7-3-19)35-14-12-31-13-15-35/h2-4,6-8,10-11,17,20,23,25-26,28,31,33-34H,5,9,12-16,18H2,1H3,(H,32,36)/b10-4+/t20?,23?,25-,26?,28?,30-/m0/s1. The number of rotatable bonds is 5. The average molecular weight is 500 g/mol. The van der Waals surface area contributed by atoms with Crippen molar-refractivity contribution in [2.75, 3.05) is 43.5 Å². The van der Waals surface area contributed by atoms with Gasteiger partial charge in [-0.2, -0.15) is 0 Å². The van der Waals surface area contributed by atoms with Crippen molar-refractivity contribution in [1.29, 1.82) is 0 Å². The molecule has 194 valence electrons. The van der Waals surface area contributed by atoms with Crippen molar-refractivity contribution in [2.24, 2.45) is 17.8 Å². The Hall–Kier alpha value is -2.87. The van der Waals surface area contributed by atoms with E-state index in [1.807, 2.05) is 12.1 Å². The third-order valence-corrected chi connectivity index (χ3v) is 9.66. The van der Waals surface area contributed by atoms with Crippen LogP contribution < -0.4 is 31.1 Å². The maximum atomic E-state index is 13.1. The molecule has 1 spiro atoms. The van der Waals surface area contributed by atoms with Crippen molar-refractivity contribution in [2.45, 2.75) is 43.2 Å². The van der Waals surface area contributed by atoms with E-state index >= 15 is 0 Å². The van der Waals surface area contributed by atoms with Crippen LogP contribution in [0.2, 0.25) is 0 Å². The second kappa shape index (κ2) is 9.15. The van der Waals surface area contributed by atoms with Gasteiger partial charge in [-0.3, -0.25) is 15.6 Å². The molecule has 2 aliphatic carbocycles. The van der Waals surface area contributed by atoms with Crippen molar-refractivity contribution in [3.8, 4) is 5.75 Å². The Labute approximate surface area is 219 Å². The summed E-state index contributed by atoms with van der Waals surface area (Å²) in [4.78, 5) is 15.5. The number of benzene rings is 2. The quantitative estimate of drug-likeness (QED) is 0.506. The summed E-state index contributed by atoms with van der Waals surface area (Å²) in [5, 5.41) is 6.56. The fourth-order valence-corrected chi connectivity index (χ4v) is 7.54. The first-order valence-electron chi connectivity index (χ1n) is 13.9. The third-order valence-electron chi connectivity index (χ3n) is 9.66. The van der Waals surface area contributed by atoms with Crippen LogP contribution in [0.15, 0.2) is 48.5 Å². The molecule has 7 rings (SSSR count). The molecule has 0 bridgehead atoms. The van der Waals surface area contributed by atoms with Crippen LogP contribution in [0, 0.1) is 17.8 Å². The summed E-state index contributed by atoms with van der Waals surface area (Å²) < 4.78 is 5.47. The van der Waals surface area contributed by atoms with Crippen molar-refractivity contribution in [1.82, 2.24) is 16.2 Å². The monoisotopic (exact) mass is 499 g/mol. The zero-order chi connectivity index (χ0) is 25.0. The highest BCUT2D eigenvalue weighted by Crippen LogP contribution is 2.65. The van der Waals surface area contributed by atoms with Crippen molar-refractivity contribution >= 4 is 23.4 Å². The Balaban J connectivity index is 0.988. The fourth-order valence-electron chi connectivity index (χ4n) is 7.54. The molecule has 7 heteroatoms. The minimum atomic E-state index is -0.344. The van der Waals surface area contributed by atoms with Gasteiger partial charge in [-0.15, -0.1) is 0 Å². The minimum Gasteiger partial charge on any atom is -0.497 e. The topological polar surface area (TPSA) is 77.7 Å². The van der Waals surface area contributed by atoms with Crippen LogP contribution in [0.5, 0.6) is 5.75 Å². The predicted octanol–water partition coefficient (Wildman–Crippen LogP) is 3.29. The first-order valence-corrected chi connectivity index (χ1v) is 13.9. The molecule has 2 aromatic rings. The predicted molar refractivity (Wildman–Crippen MR) is 147 cm³/mol. The summed E-state index contributed by atoms with van der Waals surface area (Å²) in [6.07, 6.45) is 9.06. The van der Waals surface area contributed by atoms with Gasteiger partial charge in [0, 0.05) is 49.6 Å².